The van der Waals surface area contributed by atoms with Crippen molar-refractivity contribution in [3.05, 3.63) is 231 Å². The second-order valence-electron chi connectivity index (χ2n) is 16.7. The molecule has 0 saturated carbocycles. The summed E-state index contributed by atoms with van der Waals surface area (Å²) in [6.07, 6.45) is 0. The van der Waals surface area contributed by atoms with Crippen molar-refractivity contribution in [1.82, 2.24) is 39.0 Å². The third kappa shape index (κ3) is 6.70. The number of benzene rings is 9. The maximum absolute atomic E-state index is 5.45. The standard InChI is InChI=1S/C60H38N8/c1-5-19-39(20-6-1)55-61-56(40-21-7-2-8-22-40)63-58(62-55)43-34-36-54(68-51-31-17-13-27-45(51)46-28-14-18-32-52(46)68)49(38-43)60-65-57(41-23-9-3-10-24-41)64-59(66-60)42-33-35-53-48(37-42)47-29-15-16-30-50(47)67(53)44-25-11-4-12-26-44/h1-38H. The Hall–Kier alpha value is -9.40. The minimum Gasteiger partial charge on any atom is -0.309 e. The van der Waals surface area contributed by atoms with Gasteiger partial charge in [-0.2, -0.15) is 0 Å². The minimum atomic E-state index is 0.514. The summed E-state index contributed by atoms with van der Waals surface area (Å²) >= 11 is 0. The highest BCUT2D eigenvalue weighted by molar-refractivity contribution is 6.11. The van der Waals surface area contributed by atoms with Crippen LogP contribution in [0.25, 0.3) is 123 Å². The largest absolute Gasteiger partial charge is 0.309 e. The van der Waals surface area contributed by atoms with Crippen molar-refractivity contribution in [2.24, 2.45) is 0 Å². The van der Waals surface area contributed by atoms with Crippen LogP contribution in [-0.4, -0.2) is 39.0 Å². The highest BCUT2D eigenvalue weighted by Crippen LogP contribution is 2.40. The van der Waals surface area contributed by atoms with Crippen LogP contribution in [0.4, 0.5) is 0 Å². The Bertz CT molecular complexity index is 3900. The SMILES string of the molecule is c1ccc(-c2nc(-c3ccccc3)nc(-c3ccc(-n4c5ccccc5c5ccccc54)c(-c4nc(-c5ccccc5)nc(-c5ccc6c(c5)c5ccccc5n6-c5ccccc5)n4)c3)n2)cc1. The van der Waals surface area contributed by atoms with E-state index in [0.717, 1.165) is 88.4 Å². The van der Waals surface area contributed by atoms with Crippen LogP contribution in [0.1, 0.15) is 0 Å². The normalized spacial score (nSPS) is 11.5. The van der Waals surface area contributed by atoms with E-state index in [0.29, 0.717) is 34.9 Å². The van der Waals surface area contributed by atoms with Gasteiger partial charge in [0.2, 0.25) is 0 Å². The Morgan fingerprint density at radius 3 is 1.09 bits per heavy atom. The van der Waals surface area contributed by atoms with Crippen LogP contribution in [0.5, 0.6) is 0 Å². The molecule has 13 aromatic rings. The molecule has 4 heterocycles. The molecule has 0 N–H and O–H groups in total. The molecule has 9 aromatic carbocycles. The van der Waals surface area contributed by atoms with E-state index in [4.69, 9.17) is 29.9 Å². The summed E-state index contributed by atoms with van der Waals surface area (Å²) in [5, 5.41) is 4.56. The fourth-order valence-corrected chi connectivity index (χ4v) is 9.48. The van der Waals surface area contributed by atoms with Crippen LogP contribution in [0.2, 0.25) is 0 Å². The van der Waals surface area contributed by atoms with Gasteiger partial charge in [-0.3, -0.25) is 0 Å². The smallest absolute Gasteiger partial charge is 0.166 e. The van der Waals surface area contributed by atoms with Crippen molar-refractivity contribution in [2.45, 2.75) is 0 Å². The van der Waals surface area contributed by atoms with Crippen LogP contribution < -0.4 is 0 Å². The molecule has 8 heteroatoms. The third-order valence-corrected chi connectivity index (χ3v) is 12.6. The molecule has 0 amide bonds. The molecule has 0 bridgehead atoms. The summed E-state index contributed by atoms with van der Waals surface area (Å²) in [4.78, 5) is 31.4. The van der Waals surface area contributed by atoms with Gasteiger partial charge in [-0.25, -0.2) is 29.9 Å². The van der Waals surface area contributed by atoms with Crippen LogP contribution in [-0.2, 0) is 0 Å². The maximum Gasteiger partial charge on any atom is 0.166 e. The average molecular weight is 871 g/mol. The maximum atomic E-state index is 5.45. The lowest BCUT2D eigenvalue weighted by atomic mass is 10.0. The van der Waals surface area contributed by atoms with E-state index in [1.807, 2.05) is 91.0 Å². The van der Waals surface area contributed by atoms with E-state index >= 15 is 0 Å². The lowest BCUT2D eigenvalue weighted by Crippen LogP contribution is -2.05. The fraction of sp³-hybridized carbons (Fsp3) is 0. The second-order valence-corrected chi connectivity index (χ2v) is 16.7. The van der Waals surface area contributed by atoms with Gasteiger partial charge in [0.25, 0.3) is 0 Å². The van der Waals surface area contributed by atoms with Crippen molar-refractivity contribution in [1.29, 1.82) is 0 Å². The zero-order valence-corrected chi connectivity index (χ0v) is 36.5. The topological polar surface area (TPSA) is 87.2 Å². The van der Waals surface area contributed by atoms with Gasteiger partial charge in [0.1, 0.15) is 0 Å². The van der Waals surface area contributed by atoms with Gasteiger partial charge in [0, 0.05) is 60.6 Å². The van der Waals surface area contributed by atoms with E-state index in [-0.39, 0.29) is 0 Å². The fourth-order valence-electron chi connectivity index (χ4n) is 9.48. The van der Waals surface area contributed by atoms with E-state index in [1.165, 1.54) is 0 Å². The molecule has 0 fully saturated rings. The molecular weight excluding hydrogens is 833 g/mol. The lowest BCUT2D eigenvalue weighted by molar-refractivity contribution is 1.06. The summed E-state index contributed by atoms with van der Waals surface area (Å²) in [7, 11) is 0. The van der Waals surface area contributed by atoms with Crippen LogP contribution in [0.3, 0.4) is 0 Å². The summed E-state index contributed by atoms with van der Waals surface area (Å²) in [5.41, 5.74) is 11.5. The lowest BCUT2D eigenvalue weighted by Gasteiger charge is -2.16. The first-order valence-electron chi connectivity index (χ1n) is 22.6. The van der Waals surface area contributed by atoms with Gasteiger partial charge in [-0.1, -0.05) is 164 Å². The molecule has 13 rings (SSSR count). The van der Waals surface area contributed by atoms with E-state index < -0.39 is 0 Å². The summed E-state index contributed by atoms with van der Waals surface area (Å²) < 4.78 is 4.64. The molecule has 8 nitrogen and oxygen atoms in total. The minimum absolute atomic E-state index is 0.514. The number of hydrogen-bond acceptors (Lipinski definition) is 6. The molecular formula is C60H38N8. The molecule has 0 atom stereocenters. The van der Waals surface area contributed by atoms with Gasteiger partial charge in [-0.05, 0) is 66.7 Å². The Balaban J connectivity index is 1.08. The third-order valence-electron chi connectivity index (χ3n) is 12.6. The van der Waals surface area contributed by atoms with Gasteiger partial charge >= 0.3 is 0 Å². The van der Waals surface area contributed by atoms with Crippen LogP contribution in [0.15, 0.2) is 231 Å². The predicted octanol–water partition coefficient (Wildman–Crippen LogP) is 14.3. The van der Waals surface area contributed by atoms with E-state index in [2.05, 4.69) is 149 Å². The van der Waals surface area contributed by atoms with Crippen LogP contribution in [0, 0.1) is 0 Å². The number of hydrogen-bond donors (Lipinski definition) is 0. The average Bonchev–Trinajstić information content (AvgIpc) is 3.94. The highest BCUT2D eigenvalue weighted by Gasteiger charge is 2.22. The molecule has 68 heavy (non-hydrogen) atoms. The first kappa shape index (κ1) is 39.0. The quantitative estimate of drug-likeness (QED) is 0.151. The molecule has 0 unspecified atom stereocenters. The zero-order chi connectivity index (χ0) is 45.0. The molecule has 0 saturated heterocycles. The molecule has 318 valence electrons. The number of rotatable bonds is 8. The van der Waals surface area contributed by atoms with Gasteiger partial charge in [0.15, 0.2) is 34.9 Å². The van der Waals surface area contributed by atoms with Crippen molar-refractivity contribution in [3.63, 3.8) is 0 Å². The van der Waals surface area contributed by atoms with E-state index in [9.17, 15) is 0 Å². The Labute approximate surface area is 391 Å². The summed E-state index contributed by atoms with van der Waals surface area (Å²) in [5.74, 6) is 3.34. The monoisotopic (exact) mass is 870 g/mol. The molecule has 0 aliphatic heterocycles. The number of nitrogens with zero attached hydrogens (tertiary/aromatic N) is 8. The Kier molecular flexibility index (Phi) is 9.31. The number of para-hydroxylation sites is 4. The zero-order valence-electron chi connectivity index (χ0n) is 36.5. The van der Waals surface area contributed by atoms with E-state index in [1.54, 1.807) is 0 Å². The Morgan fingerprint density at radius 2 is 0.588 bits per heavy atom. The highest BCUT2D eigenvalue weighted by atomic mass is 15.1. The number of fused-ring (bicyclic) bond motifs is 6. The molecule has 0 aliphatic rings. The van der Waals surface area contributed by atoms with Crippen molar-refractivity contribution in [2.75, 3.05) is 0 Å². The Morgan fingerprint density at radius 1 is 0.235 bits per heavy atom. The predicted molar refractivity (Wildman–Crippen MR) is 275 cm³/mol. The first-order valence-corrected chi connectivity index (χ1v) is 22.6. The van der Waals surface area contributed by atoms with Crippen molar-refractivity contribution < 1.29 is 0 Å². The molecule has 0 aliphatic carbocycles. The summed E-state index contributed by atoms with van der Waals surface area (Å²) in [6.45, 7) is 0. The molecule has 4 aromatic heterocycles. The van der Waals surface area contributed by atoms with Crippen molar-refractivity contribution >= 4 is 43.6 Å². The first-order chi connectivity index (χ1) is 33.7. The molecule has 0 radical (unpaired) electrons. The second kappa shape index (κ2) is 16.2. The van der Waals surface area contributed by atoms with Gasteiger partial charge in [-0.15, -0.1) is 0 Å². The van der Waals surface area contributed by atoms with Crippen LogP contribution >= 0.6 is 0 Å². The summed E-state index contributed by atoms with van der Waals surface area (Å²) in [6, 6.07) is 79.3. The molecule has 0 spiro atoms. The van der Waals surface area contributed by atoms with Gasteiger partial charge < -0.3 is 9.13 Å². The van der Waals surface area contributed by atoms with Gasteiger partial charge in [0.05, 0.1) is 27.8 Å². The number of aromatic nitrogens is 8. The van der Waals surface area contributed by atoms with Crippen molar-refractivity contribution in [3.8, 4) is 79.7 Å².